The lowest BCUT2D eigenvalue weighted by Gasteiger charge is -2.05. The van der Waals surface area contributed by atoms with Crippen LogP contribution in [-0.2, 0) is 0 Å². The number of para-hydroxylation sites is 2. The van der Waals surface area contributed by atoms with Crippen molar-refractivity contribution in [3.63, 3.8) is 0 Å². The number of nitrogen functional groups attached to an aromatic ring is 1. The molecule has 0 fully saturated rings. The smallest absolute Gasteiger partial charge is 0.415 e. The van der Waals surface area contributed by atoms with E-state index < -0.39 is 11.5 Å². The summed E-state index contributed by atoms with van der Waals surface area (Å²) in [7, 11) is 0. The molecule has 0 saturated carbocycles. The Bertz CT molecular complexity index is 1290. The number of aromatic nitrogens is 3. The first-order valence-electron chi connectivity index (χ1n) is 11.8. The number of carbonyl (C=O) groups excluding carboxylic acids is 2. The molecule has 9 nitrogen and oxygen atoms in total. The highest BCUT2D eigenvalue weighted by Crippen LogP contribution is 2.11. The molecule has 0 aliphatic rings. The number of hydrogen-bond donors (Lipinski definition) is 2. The molecule has 0 radical (unpaired) electrons. The Kier molecular flexibility index (Phi) is 14.6. The number of amides is 1. The van der Waals surface area contributed by atoms with Gasteiger partial charge >= 0.3 is 11.5 Å². The maximum atomic E-state index is 11.4. The Balaban J connectivity index is 0.000000200. The zero-order valence-electron chi connectivity index (χ0n) is 21.6. The Hall–Kier alpha value is -5.28. The molecule has 0 unspecified atom stereocenters. The van der Waals surface area contributed by atoms with Gasteiger partial charge in [0, 0.05) is 60.2 Å². The Morgan fingerprint density at radius 1 is 0.650 bits per heavy atom. The number of nitrogens with two attached hydrogens (primary N) is 1. The van der Waals surface area contributed by atoms with Crippen LogP contribution in [0.1, 0.15) is 5.56 Å². The fourth-order valence-electron chi connectivity index (χ4n) is 2.55. The summed E-state index contributed by atoms with van der Waals surface area (Å²) in [6.07, 6.45) is 9.57. The van der Waals surface area contributed by atoms with Crippen molar-refractivity contribution >= 4 is 34.5 Å². The van der Waals surface area contributed by atoms with E-state index >= 15 is 0 Å². The van der Waals surface area contributed by atoms with Gasteiger partial charge in [-0.2, -0.15) is 0 Å². The lowest BCUT2D eigenvalue weighted by atomic mass is 10.3. The molecule has 5 aromatic rings. The topological polar surface area (TPSA) is 129 Å². The molecule has 10 heteroatoms. The van der Waals surface area contributed by atoms with Gasteiger partial charge in [0.15, 0.2) is 0 Å². The second-order valence-electron chi connectivity index (χ2n) is 7.52. The first-order chi connectivity index (χ1) is 19.4. The summed E-state index contributed by atoms with van der Waals surface area (Å²) in [5.41, 5.74) is 7.17. The molecule has 3 N–H and O–H groups in total. The minimum absolute atomic E-state index is 0.461. The van der Waals surface area contributed by atoms with E-state index in [1.54, 1.807) is 110 Å². The van der Waals surface area contributed by atoms with Crippen LogP contribution in [0, 0.1) is 6.92 Å². The van der Waals surface area contributed by atoms with Gasteiger partial charge in [0.25, 0.3) is 0 Å². The maximum absolute atomic E-state index is 11.4. The van der Waals surface area contributed by atoms with Gasteiger partial charge in [-0.05, 0) is 73.2 Å². The Morgan fingerprint density at radius 2 is 1.07 bits per heavy atom. The van der Waals surface area contributed by atoms with E-state index in [9.17, 15) is 9.59 Å². The number of aryl methyl sites for hydroxylation is 1. The average Bonchev–Trinajstić information content (AvgIpc) is 2.96. The van der Waals surface area contributed by atoms with Crippen molar-refractivity contribution in [2.24, 2.45) is 0 Å². The number of ether oxygens (including phenoxy) is 2. The summed E-state index contributed by atoms with van der Waals surface area (Å²) >= 11 is 4.95. The first-order valence-corrected chi connectivity index (χ1v) is 12.2. The van der Waals surface area contributed by atoms with Gasteiger partial charge in [-0.3, -0.25) is 20.3 Å². The number of rotatable bonds is 3. The van der Waals surface area contributed by atoms with Gasteiger partial charge in [-0.15, -0.1) is 0 Å². The third-order valence-corrected chi connectivity index (χ3v) is 4.45. The van der Waals surface area contributed by atoms with Crippen LogP contribution >= 0.6 is 11.6 Å². The molecule has 0 saturated heterocycles. The van der Waals surface area contributed by atoms with Crippen LogP contribution < -0.4 is 20.5 Å². The third-order valence-electron chi connectivity index (χ3n) is 4.37. The van der Waals surface area contributed by atoms with Crippen LogP contribution in [0.5, 0.6) is 11.5 Å². The maximum Gasteiger partial charge on any atom is 0.417 e. The number of halogens is 1. The summed E-state index contributed by atoms with van der Waals surface area (Å²) in [6.45, 7) is 2.04. The second kappa shape index (κ2) is 18.9. The molecule has 0 atom stereocenters. The average molecular weight is 558 g/mol. The predicted octanol–water partition coefficient (Wildman–Crippen LogP) is 7.17. The molecule has 2 aromatic carbocycles. The van der Waals surface area contributed by atoms with Crippen LogP contribution in [0.15, 0.2) is 134 Å². The van der Waals surface area contributed by atoms with Gasteiger partial charge in [0.2, 0.25) is 0 Å². The highest BCUT2D eigenvalue weighted by atomic mass is 35.5. The van der Waals surface area contributed by atoms with E-state index in [-0.39, 0.29) is 0 Å². The first kappa shape index (κ1) is 30.9. The van der Waals surface area contributed by atoms with E-state index in [0.29, 0.717) is 17.2 Å². The minimum Gasteiger partial charge on any atom is -0.415 e. The van der Waals surface area contributed by atoms with Gasteiger partial charge in [0.05, 0.1) is 0 Å². The highest BCUT2D eigenvalue weighted by molar-refractivity contribution is 6.61. The van der Waals surface area contributed by atoms with Gasteiger partial charge < -0.3 is 15.2 Å². The van der Waals surface area contributed by atoms with E-state index in [1.165, 1.54) is 5.56 Å². The minimum atomic E-state index is -0.814. The van der Waals surface area contributed by atoms with E-state index in [4.69, 9.17) is 22.1 Å². The molecule has 0 spiro atoms. The fraction of sp³-hybridized carbons (Fsp3) is 0.0333. The Labute approximate surface area is 237 Å². The molecule has 0 bridgehead atoms. The van der Waals surface area contributed by atoms with Crippen LogP contribution in [0.3, 0.4) is 0 Å². The molecule has 3 aromatic heterocycles. The van der Waals surface area contributed by atoms with Gasteiger partial charge in [-0.25, -0.2) is 9.59 Å². The van der Waals surface area contributed by atoms with Gasteiger partial charge in [-0.1, -0.05) is 36.4 Å². The number of nitrogens with zero attached hydrogens (tertiary/aromatic N) is 3. The van der Waals surface area contributed by atoms with Gasteiger partial charge in [0.1, 0.15) is 11.5 Å². The summed E-state index contributed by atoms with van der Waals surface area (Å²) < 4.78 is 9.59. The number of nitrogens with one attached hydrogen (secondary N) is 1. The number of anilines is 2. The van der Waals surface area contributed by atoms with Crippen molar-refractivity contribution < 1.29 is 19.1 Å². The summed E-state index contributed by atoms with van der Waals surface area (Å²) in [4.78, 5) is 33.0. The zero-order chi connectivity index (χ0) is 28.8. The van der Waals surface area contributed by atoms with Crippen molar-refractivity contribution in [3.8, 4) is 11.5 Å². The lowest BCUT2D eigenvalue weighted by Crippen LogP contribution is -2.16. The van der Waals surface area contributed by atoms with Crippen molar-refractivity contribution in [2.75, 3.05) is 11.1 Å². The normalized spacial score (nSPS) is 9.05. The molecule has 0 aliphatic carbocycles. The molecule has 0 aliphatic heterocycles. The van der Waals surface area contributed by atoms with Crippen molar-refractivity contribution in [1.82, 2.24) is 15.0 Å². The molecular weight excluding hydrogens is 530 g/mol. The number of pyridine rings is 3. The largest absolute Gasteiger partial charge is 0.417 e. The standard InChI is InChI=1S/C12H10N2O2.C7H5ClO2.C6H7N.C5H6N2/c15-12(14-10-6-8-13-9-7-10)16-11-4-2-1-3-5-11;8-7(9)10-6-4-2-1-3-5-6;1-6-2-4-7-5-3-6;6-5-1-3-7-4-2-5/h1-9H,(H,13,14,15);1-5H;2-5H,1H3;1-4H,(H2,6,7). The molecule has 5 rings (SSSR count). The molecule has 204 valence electrons. The van der Waals surface area contributed by atoms with E-state index in [1.807, 2.05) is 31.2 Å². The quantitative estimate of drug-likeness (QED) is 0.223. The molecular formula is C30H28ClN5O4. The monoisotopic (exact) mass is 557 g/mol. The lowest BCUT2D eigenvalue weighted by molar-refractivity contribution is 0.215. The molecule has 1 amide bonds. The van der Waals surface area contributed by atoms with Crippen molar-refractivity contribution in [3.05, 3.63) is 140 Å². The number of carbonyl (C=O) groups is 2. The SMILES string of the molecule is Cc1ccncc1.Nc1ccncc1.O=C(Cl)Oc1ccccc1.O=C(Nc1ccncc1)Oc1ccccc1. The summed E-state index contributed by atoms with van der Waals surface area (Å²) in [5, 5.41) is 2.59. The van der Waals surface area contributed by atoms with Crippen LogP contribution in [0.4, 0.5) is 21.0 Å². The number of hydrogen-bond acceptors (Lipinski definition) is 8. The van der Waals surface area contributed by atoms with Crippen LogP contribution in [0.25, 0.3) is 0 Å². The number of benzene rings is 2. The van der Waals surface area contributed by atoms with Crippen molar-refractivity contribution in [1.29, 1.82) is 0 Å². The second-order valence-corrected chi connectivity index (χ2v) is 7.83. The van der Waals surface area contributed by atoms with E-state index in [0.717, 1.165) is 5.69 Å². The molecule has 40 heavy (non-hydrogen) atoms. The zero-order valence-corrected chi connectivity index (χ0v) is 22.4. The molecule has 3 heterocycles. The third kappa shape index (κ3) is 15.1. The summed E-state index contributed by atoms with van der Waals surface area (Å²) in [5.74, 6) is 0.969. The van der Waals surface area contributed by atoms with E-state index in [2.05, 4.69) is 25.0 Å². The van der Waals surface area contributed by atoms with Crippen LogP contribution in [-0.4, -0.2) is 26.5 Å². The summed E-state index contributed by atoms with van der Waals surface area (Å²) in [6, 6.07) is 28.4. The Morgan fingerprint density at radius 3 is 1.45 bits per heavy atom. The highest BCUT2D eigenvalue weighted by Gasteiger charge is 2.03. The fourth-order valence-corrected chi connectivity index (χ4v) is 2.63. The predicted molar refractivity (Wildman–Crippen MR) is 156 cm³/mol. The van der Waals surface area contributed by atoms with Crippen LogP contribution in [0.2, 0.25) is 0 Å². The van der Waals surface area contributed by atoms with Crippen molar-refractivity contribution in [2.45, 2.75) is 6.92 Å².